The summed E-state index contributed by atoms with van der Waals surface area (Å²) in [5, 5.41) is 7.35. The lowest BCUT2D eigenvalue weighted by Crippen LogP contribution is -2.11. The molecule has 10 heavy (non-hydrogen) atoms. The van der Waals surface area contributed by atoms with Crippen molar-refractivity contribution in [3.8, 4) is 0 Å². The van der Waals surface area contributed by atoms with Crippen LogP contribution in [-0.4, -0.2) is 17.7 Å². The van der Waals surface area contributed by atoms with E-state index >= 15 is 0 Å². The van der Waals surface area contributed by atoms with E-state index in [1.807, 2.05) is 6.92 Å². The molecule has 0 aliphatic heterocycles. The zero-order chi connectivity index (χ0) is 8.57. The summed E-state index contributed by atoms with van der Waals surface area (Å²) in [7, 11) is 0. The Morgan fingerprint density at radius 3 is 2.00 bits per heavy atom. The Bertz CT molecular complexity index is 112. The number of hydrogen-bond donors (Lipinski definition) is 3. The molecule has 0 atom stereocenters. The summed E-state index contributed by atoms with van der Waals surface area (Å²) in [6, 6.07) is 0. The van der Waals surface area contributed by atoms with Gasteiger partial charge in [-0.2, -0.15) is 0 Å². The van der Waals surface area contributed by atoms with Crippen LogP contribution < -0.4 is 11.5 Å². The predicted molar refractivity (Wildman–Crippen MR) is 39.9 cm³/mol. The van der Waals surface area contributed by atoms with Gasteiger partial charge in [-0.05, 0) is 6.42 Å². The number of primary amides is 1. The summed E-state index contributed by atoms with van der Waals surface area (Å²) in [5.41, 5.74) is 9.70. The van der Waals surface area contributed by atoms with E-state index in [2.05, 4.69) is 12.3 Å². The number of hydrogen-bond acceptors (Lipinski definition) is 3. The van der Waals surface area contributed by atoms with Crippen molar-refractivity contribution in [2.45, 2.75) is 13.3 Å². The molecule has 0 heterocycles. The lowest BCUT2D eigenvalue weighted by molar-refractivity contribution is -0.114. The van der Waals surface area contributed by atoms with Gasteiger partial charge in [-0.15, -0.1) is 0 Å². The fourth-order valence-electron chi connectivity index (χ4n) is 0.174. The summed E-state index contributed by atoms with van der Waals surface area (Å²) >= 11 is 0. The van der Waals surface area contributed by atoms with Crippen molar-refractivity contribution in [1.82, 2.24) is 0 Å². The molecule has 0 aliphatic carbocycles. The molecule has 0 aliphatic rings. The number of aliphatic hydroxyl groups is 1. The van der Waals surface area contributed by atoms with E-state index < -0.39 is 5.91 Å². The zero-order valence-electron chi connectivity index (χ0n) is 6.13. The molecule has 1 amide bonds. The second-order valence-electron chi connectivity index (χ2n) is 1.50. The second kappa shape index (κ2) is 8.13. The molecule has 0 saturated heterocycles. The van der Waals surface area contributed by atoms with Gasteiger partial charge < -0.3 is 16.6 Å². The van der Waals surface area contributed by atoms with Crippen molar-refractivity contribution < 1.29 is 9.90 Å². The van der Waals surface area contributed by atoms with E-state index in [1.165, 1.54) is 0 Å². The van der Waals surface area contributed by atoms with Crippen molar-refractivity contribution in [1.29, 1.82) is 0 Å². The van der Waals surface area contributed by atoms with Crippen molar-refractivity contribution in [2.24, 2.45) is 11.5 Å². The van der Waals surface area contributed by atoms with Gasteiger partial charge in [0, 0.05) is 5.57 Å². The van der Waals surface area contributed by atoms with E-state index in [-0.39, 0.29) is 6.73 Å². The highest BCUT2D eigenvalue weighted by molar-refractivity contribution is 5.91. The van der Waals surface area contributed by atoms with E-state index in [0.29, 0.717) is 12.0 Å². The Morgan fingerprint density at radius 2 is 2.00 bits per heavy atom. The van der Waals surface area contributed by atoms with Gasteiger partial charge in [0.1, 0.15) is 0 Å². The highest BCUT2D eigenvalue weighted by Crippen LogP contribution is 1.91. The number of carbonyl (C=O) groups is 1. The average Bonchev–Trinajstić information content (AvgIpc) is 1.88. The first kappa shape index (κ1) is 11.9. The first-order valence-electron chi connectivity index (χ1n) is 2.88. The number of carbonyl (C=O) groups excluding carboxylic acids is 1. The Labute approximate surface area is 60.5 Å². The minimum absolute atomic E-state index is 0.250. The Morgan fingerprint density at radius 1 is 1.70 bits per heavy atom. The predicted octanol–water partition coefficient (Wildman–Crippen LogP) is -0.667. The minimum atomic E-state index is -0.400. The highest BCUT2D eigenvalue weighted by Gasteiger charge is 1.93. The van der Waals surface area contributed by atoms with Gasteiger partial charge >= 0.3 is 0 Å². The third kappa shape index (κ3) is 10.2. The van der Waals surface area contributed by atoms with Gasteiger partial charge in [-0.3, -0.25) is 4.79 Å². The molecule has 0 fully saturated rings. The molecule has 60 valence electrons. The van der Waals surface area contributed by atoms with Crippen molar-refractivity contribution in [2.75, 3.05) is 6.73 Å². The summed E-state index contributed by atoms with van der Waals surface area (Å²) < 4.78 is 0. The van der Waals surface area contributed by atoms with Crippen LogP contribution in [-0.2, 0) is 4.79 Å². The van der Waals surface area contributed by atoms with Crippen LogP contribution in [0.4, 0.5) is 0 Å². The van der Waals surface area contributed by atoms with Crippen LogP contribution in [0.1, 0.15) is 13.3 Å². The maximum absolute atomic E-state index is 10.1. The molecule has 0 aromatic heterocycles. The fraction of sp³-hybridized carbons (Fsp3) is 0.500. The molecule has 0 spiro atoms. The van der Waals surface area contributed by atoms with Gasteiger partial charge in [-0.25, -0.2) is 0 Å². The number of nitrogens with two attached hydrogens (primary N) is 2. The molecule has 0 radical (unpaired) electrons. The Hall–Kier alpha value is -0.870. The average molecular weight is 146 g/mol. The summed E-state index contributed by atoms with van der Waals surface area (Å²) in [5.74, 6) is -0.400. The van der Waals surface area contributed by atoms with Crippen LogP contribution in [0.15, 0.2) is 12.2 Å². The SMILES string of the molecule is C=C(CC)C(N)=O.NCO. The van der Waals surface area contributed by atoms with Gasteiger partial charge in [0.2, 0.25) is 5.91 Å². The number of rotatable bonds is 2. The fourth-order valence-corrected chi connectivity index (χ4v) is 0.174. The zero-order valence-corrected chi connectivity index (χ0v) is 6.13. The third-order valence-corrected chi connectivity index (χ3v) is 0.775. The molecule has 4 heteroatoms. The van der Waals surface area contributed by atoms with Crippen molar-refractivity contribution in [3.05, 3.63) is 12.2 Å². The normalized spacial score (nSPS) is 7.50. The van der Waals surface area contributed by atoms with Crippen LogP contribution in [0, 0.1) is 0 Å². The lowest BCUT2D eigenvalue weighted by Gasteiger charge is -1.89. The second-order valence-corrected chi connectivity index (χ2v) is 1.50. The van der Waals surface area contributed by atoms with Crippen LogP contribution in [0.3, 0.4) is 0 Å². The monoisotopic (exact) mass is 146 g/mol. The molecule has 0 unspecified atom stereocenters. The standard InChI is InChI=1S/C5H9NO.CH5NO/c1-3-4(2)5(6)7;2-1-3/h2-3H2,1H3,(H2,6,7);3H,1-2H2. The molecular weight excluding hydrogens is 132 g/mol. The molecule has 0 aromatic carbocycles. The van der Waals surface area contributed by atoms with E-state index in [1.54, 1.807) is 0 Å². The quantitative estimate of drug-likeness (QED) is 0.356. The van der Waals surface area contributed by atoms with Gasteiger partial charge in [0.25, 0.3) is 0 Å². The molecular formula is C6H14N2O2. The van der Waals surface area contributed by atoms with Crippen LogP contribution in [0.2, 0.25) is 0 Å². The molecule has 0 aromatic rings. The number of amides is 1. The van der Waals surface area contributed by atoms with Crippen molar-refractivity contribution in [3.63, 3.8) is 0 Å². The largest absolute Gasteiger partial charge is 0.382 e. The lowest BCUT2D eigenvalue weighted by atomic mass is 10.2. The maximum Gasteiger partial charge on any atom is 0.244 e. The topological polar surface area (TPSA) is 89.3 Å². The minimum Gasteiger partial charge on any atom is -0.382 e. The van der Waals surface area contributed by atoms with Crippen LogP contribution >= 0.6 is 0 Å². The Balaban J connectivity index is 0. The summed E-state index contributed by atoms with van der Waals surface area (Å²) in [6.45, 7) is 4.99. The highest BCUT2D eigenvalue weighted by atomic mass is 16.3. The molecule has 5 N–H and O–H groups in total. The molecule has 0 rings (SSSR count). The van der Waals surface area contributed by atoms with Gasteiger partial charge in [-0.1, -0.05) is 13.5 Å². The summed E-state index contributed by atoms with van der Waals surface area (Å²) in [6.07, 6.45) is 0.648. The first-order valence-corrected chi connectivity index (χ1v) is 2.88. The molecule has 0 bridgehead atoms. The smallest absolute Gasteiger partial charge is 0.244 e. The molecule has 0 saturated carbocycles. The van der Waals surface area contributed by atoms with Crippen LogP contribution in [0.5, 0.6) is 0 Å². The first-order chi connectivity index (χ1) is 4.59. The molecule has 4 nitrogen and oxygen atoms in total. The summed E-state index contributed by atoms with van der Waals surface area (Å²) in [4.78, 5) is 10.1. The van der Waals surface area contributed by atoms with Crippen LogP contribution in [0.25, 0.3) is 0 Å². The Kier molecular flexibility index (Phi) is 9.65. The van der Waals surface area contributed by atoms with E-state index in [9.17, 15) is 4.79 Å². The van der Waals surface area contributed by atoms with E-state index in [4.69, 9.17) is 10.8 Å². The van der Waals surface area contributed by atoms with Gasteiger partial charge in [0.05, 0.1) is 6.73 Å². The maximum atomic E-state index is 10.1. The van der Waals surface area contributed by atoms with Gasteiger partial charge in [0.15, 0.2) is 0 Å². The number of aliphatic hydroxyl groups excluding tert-OH is 1. The third-order valence-electron chi connectivity index (χ3n) is 0.775. The van der Waals surface area contributed by atoms with Crippen molar-refractivity contribution >= 4 is 5.91 Å². The van der Waals surface area contributed by atoms with E-state index in [0.717, 1.165) is 0 Å².